The third-order valence-electron chi connectivity index (χ3n) is 3.85. The summed E-state index contributed by atoms with van der Waals surface area (Å²) in [7, 11) is 0. The van der Waals surface area contributed by atoms with Crippen molar-refractivity contribution in [2.45, 2.75) is 19.9 Å². The summed E-state index contributed by atoms with van der Waals surface area (Å²) >= 11 is 0. The highest BCUT2D eigenvalue weighted by molar-refractivity contribution is 5.92. The molecule has 1 amide bonds. The molecule has 1 aromatic carbocycles. The third kappa shape index (κ3) is 4.70. The van der Waals surface area contributed by atoms with Crippen molar-refractivity contribution >= 4 is 11.6 Å². The average molecular weight is 381 g/mol. The van der Waals surface area contributed by atoms with Gasteiger partial charge >= 0.3 is 0 Å². The van der Waals surface area contributed by atoms with Crippen LogP contribution in [0.25, 0.3) is 5.69 Å². The number of hydrogen-bond donors (Lipinski definition) is 1. The Bertz CT molecular complexity index is 951. The first kappa shape index (κ1) is 19.0. The van der Waals surface area contributed by atoms with Gasteiger partial charge in [-0.15, -0.1) is 0 Å². The van der Waals surface area contributed by atoms with Crippen LogP contribution in [0.3, 0.4) is 0 Å². The molecule has 2 heterocycles. The van der Waals surface area contributed by atoms with Crippen LogP contribution in [0.2, 0.25) is 0 Å². The van der Waals surface area contributed by atoms with E-state index < -0.39 is 4.92 Å². The van der Waals surface area contributed by atoms with Gasteiger partial charge in [0.2, 0.25) is 5.88 Å². The number of ether oxygens (including phenoxy) is 1. The molecule has 3 aromatic rings. The van der Waals surface area contributed by atoms with Gasteiger partial charge in [0.05, 0.1) is 17.2 Å². The topological polar surface area (TPSA) is 112 Å². The molecule has 2 aromatic heterocycles. The van der Waals surface area contributed by atoms with Gasteiger partial charge in [0, 0.05) is 37.1 Å². The highest BCUT2D eigenvalue weighted by Gasteiger charge is 2.11. The van der Waals surface area contributed by atoms with Gasteiger partial charge in [-0.25, -0.2) is 9.67 Å². The maximum Gasteiger partial charge on any atom is 0.272 e. The van der Waals surface area contributed by atoms with Crippen LogP contribution in [0.1, 0.15) is 29.4 Å². The number of nitrogens with zero attached hydrogens (tertiary/aromatic N) is 4. The van der Waals surface area contributed by atoms with Gasteiger partial charge in [0.25, 0.3) is 11.6 Å². The molecule has 1 N–H and O–H groups in total. The van der Waals surface area contributed by atoms with Crippen LogP contribution in [-0.2, 0) is 6.54 Å². The fourth-order valence-electron chi connectivity index (χ4n) is 2.40. The predicted molar refractivity (Wildman–Crippen MR) is 101 cm³/mol. The van der Waals surface area contributed by atoms with Crippen LogP contribution in [0, 0.1) is 10.1 Å². The maximum atomic E-state index is 12.3. The third-order valence-corrected chi connectivity index (χ3v) is 3.85. The van der Waals surface area contributed by atoms with E-state index >= 15 is 0 Å². The number of pyridine rings is 1. The number of nitrogens with one attached hydrogen (secondary N) is 1. The molecule has 0 bridgehead atoms. The number of amides is 1. The lowest BCUT2D eigenvalue weighted by molar-refractivity contribution is -0.384. The lowest BCUT2D eigenvalue weighted by Crippen LogP contribution is -2.23. The normalized spacial score (nSPS) is 10.5. The molecule has 0 saturated heterocycles. The van der Waals surface area contributed by atoms with Crippen molar-refractivity contribution in [1.82, 2.24) is 20.1 Å². The standard InChI is InChI=1S/C19H19N5O4/c1-2-11-28-18-8-3-14(12-20-18)13-21-19(25)17-9-10-23(22-17)15-4-6-16(7-5-15)24(26)27/h3-10,12H,2,11,13H2,1H3,(H,21,25). The van der Waals surface area contributed by atoms with Crippen LogP contribution in [-0.4, -0.2) is 32.2 Å². The van der Waals surface area contributed by atoms with Gasteiger partial charge in [-0.2, -0.15) is 5.10 Å². The zero-order valence-electron chi connectivity index (χ0n) is 15.2. The van der Waals surface area contributed by atoms with Crippen molar-refractivity contribution in [3.63, 3.8) is 0 Å². The molecule has 0 aliphatic heterocycles. The van der Waals surface area contributed by atoms with Gasteiger partial charge in [-0.05, 0) is 30.2 Å². The van der Waals surface area contributed by atoms with Crippen molar-refractivity contribution in [3.8, 4) is 11.6 Å². The fourth-order valence-corrected chi connectivity index (χ4v) is 2.40. The van der Waals surface area contributed by atoms with Gasteiger partial charge in [0.15, 0.2) is 5.69 Å². The molecule has 0 aliphatic rings. The smallest absolute Gasteiger partial charge is 0.272 e. The molecule has 0 atom stereocenters. The number of non-ortho nitro benzene ring substituents is 1. The number of benzene rings is 1. The van der Waals surface area contributed by atoms with Gasteiger partial charge in [-0.1, -0.05) is 13.0 Å². The van der Waals surface area contributed by atoms with Crippen molar-refractivity contribution in [2.75, 3.05) is 6.61 Å². The molecule has 9 heteroatoms. The summed E-state index contributed by atoms with van der Waals surface area (Å²) < 4.78 is 6.91. The fraction of sp³-hybridized carbons (Fsp3) is 0.211. The molecule has 0 spiro atoms. The van der Waals surface area contributed by atoms with E-state index in [0.29, 0.717) is 24.7 Å². The van der Waals surface area contributed by atoms with E-state index in [-0.39, 0.29) is 17.3 Å². The summed E-state index contributed by atoms with van der Waals surface area (Å²) in [6.07, 6.45) is 4.18. The first-order valence-electron chi connectivity index (χ1n) is 8.73. The summed E-state index contributed by atoms with van der Waals surface area (Å²) in [5.74, 6) is 0.228. The summed E-state index contributed by atoms with van der Waals surface area (Å²) in [6, 6.07) is 11.1. The quantitative estimate of drug-likeness (QED) is 0.474. The second-order valence-corrected chi connectivity index (χ2v) is 5.95. The lowest BCUT2D eigenvalue weighted by atomic mass is 10.3. The van der Waals surface area contributed by atoms with Crippen molar-refractivity contribution < 1.29 is 14.5 Å². The lowest BCUT2D eigenvalue weighted by Gasteiger charge is -2.06. The Morgan fingerprint density at radius 1 is 1.21 bits per heavy atom. The molecular weight excluding hydrogens is 362 g/mol. The number of rotatable bonds is 8. The predicted octanol–water partition coefficient (Wildman–Crippen LogP) is 2.89. The maximum absolute atomic E-state index is 12.3. The minimum Gasteiger partial charge on any atom is -0.478 e. The van der Waals surface area contributed by atoms with Gasteiger partial charge in [-0.3, -0.25) is 14.9 Å². The molecule has 0 radical (unpaired) electrons. The number of nitro benzene ring substituents is 1. The SMILES string of the molecule is CCCOc1ccc(CNC(=O)c2ccn(-c3ccc([N+](=O)[O-])cc3)n2)cn1. The number of hydrogen-bond acceptors (Lipinski definition) is 6. The van der Waals surface area contributed by atoms with Crippen LogP contribution >= 0.6 is 0 Å². The van der Waals surface area contributed by atoms with Crippen molar-refractivity contribution in [2.24, 2.45) is 0 Å². The van der Waals surface area contributed by atoms with E-state index in [9.17, 15) is 14.9 Å². The first-order valence-corrected chi connectivity index (χ1v) is 8.73. The monoisotopic (exact) mass is 381 g/mol. The average Bonchev–Trinajstić information content (AvgIpc) is 3.21. The Morgan fingerprint density at radius 2 is 2.00 bits per heavy atom. The Hall–Kier alpha value is -3.75. The van der Waals surface area contributed by atoms with Crippen LogP contribution in [0.15, 0.2) is 54.9 Å². The molecular formula is C19H19N5O4. The summed E-state index contributed by atoms with van der Waals surface area (Å²) in [6.45, 7) is 2.94. The number of carbonyl (C=O) groups is 1. The van der Waals surface area contributed by atoms with Gasteiger partial charge in [0.1, 0.15) is 0 Å². The van der Waals surface area contributed by atoms with E-state index in [0.717, 1.165) is 12.0 Å². The highest BCUT2D eigenvalue weighted by Crippen LogP contribution is 2.15. The van der Waals surface area contributed by atoms with Crippen molar-refractivity contribution in [1.29, 1.82) is 0 Å². The Balaban J connectivity index is 1.58. The van der Waals surface area contributed by atoms with E-state index in [1.165, 1.54) is 16.8 Å². The molecule has 9 nitrogen and oxygen atoms in total. The molecule has 3 rings (SSSR count). The number of nitro groups is 1. The van der Waals surface area contributed by atoms with Crippen molar-refractivity contribution in [3.05, 3.63) is 76.2 Å². The Kier molecular flexibility index (Phi) is 5.95. The number of aromatic nitrogens is 3. The Morgan fingerprint density at radius 3 is 2.64 bits per heavy atom. The molecule has 0 fully saturated rings. The summed E-state index contributed by atoms with van der Waals surface area (Å²) in [5.41, 5.74) is 1.70. The minimum atomic E-state index is -0.469. The first-order chi connectivity index (χ1) is 13.6. The molecule has 0 aliphatic carbocycles. The Labute approximate surface area is 161 Å². The zero-order chi connectivity index (χ0) is 19.9. The van der Waals surface area contributed by atoms with E-state index in [4.69, 9.17) is 4.74 Å². The van der Waals surface area contributed by atoms with E-state index in [1.54, 1.807) is 36.7 Å². The highest BCUT2D eigenvalue weighted by atomic mass is 16.6. The minimum absolute atomic E-state index is 0.00593. The van der Waals surface area contributed by atoms with Crippen LogP contribution in [0.4, 0.5) is 5.69 Å². The van der Waals surface area contributed by atoms with E-state index in [2.05, 4.69) is 15.4 Å². The van der Waals surface area contributed by atoms with E-state index in [1.807, 2.05) is 13.0 Å². The molecule has 28 heavy (non-hydrogen) atoms. The molecule has 0 unspecified atom stereocenters. The van der Waals surface area contributed by atoms with Gasteiger partial charge < -0.3 is 10.1 Å². The summed E-state index contributed by atoms with van der Waals surface area (Å²) in [4.78, 5) is 26.7. The summed E-state index contributed by atoms with van der Waals surface area (Å²) in [5, 5.41) is 17.7. The molecule has 0 saturated carbocycles. The van der Waals surface area contributed by atoms with Crippen LogP contribution in [0.5, 0.6) is 5.88 Å². The second-order valence-electron chi connectivity index (χ2n) is 5.95. The number of carbonyl (C=O) groups excluding carboxylic acids is 1. The van der Waals surface area contributed by atoms with Crippen LogP contribution < -0.4 is 10.1 Å². The largest absolute Gasteiger partial charge is 0.478 e. The second kappa shape index (κ2) is 8.76. The molecule has 144 valence electrons. The zero-order valence-corrected chi connectivity index (χ0v) is 15.2.